The van der Waals surface area contributed by atoms with Gasteiger partial charge in [0.15, 0.2) is 11.3 Å². The fraction of sp³-hybridized carbons (Fsp3) is 0.143. The van der Waals surface area contributed by atoms with Gasteiger partial charge < -0.3 is 13.7 Å². The van der Waals surface area contributed by atoms with Gasteiger partial charge in [-0.3, -0.25) is 0 Å². The Bertz CT molecular complexity index is 772. The molecule has 19 heavy (non-hydrogen) atoms. The van der Waals surface area contributed by atoms with Gasteiger partial charge in [0.2, 0.25) is 0 Å². The summed E-state index contributed by atoms with van der Waals surface area (Å²) in [6.45, 7) is 1.99. The van der Waals surface area contributed by atoms with Gasteiger partial charge in [-0.05, 0) is 31.2 Å². The Morgan fingerprint density at radius 2 is 2.00 bits per heavy atom. The standard InChI is InChI=1S/C14H12N2O2S/c1-9-7-8-12(13(19)16(9)2)18-14-15-10-5-3-4-6-11(10)17-14/h3-8H,1-2H3. The maximum Gasteiger partial charge on any atom is 0.400 e. The first-order valence-electron chi connectivity index (χ1n) is 5.85. The van der Waals surface area contributed by atoms with Crippen LogP contribution in [0.1, 0.15) is 5.69 Å². The number of benzene rings is 1. The van der Waals surface area contributed by atoms with Gasteiger partial charge in [-0.25, -0.2) is 0 Å². The third-order valence-electron chi connectivity index (χ3n) is 2.99. The highest BCUT2D eigenvalue weighted by molar-refractivity contribution is 7.71. The first-order chi connectivity index (χ1) is 9.15. The smallest absolute Gasteiger partial charge is 0.400 e. The Balaban J connectivity index is 2.01. The van der Waals surface area contributed by atoms with Crippen LogP contribution in [0.2, 0.25) is 0 Å². The van der Waals surface area contributed by atoms with E-state index in [0.29, 0.717) is 16.0 Å². The van der Waals surface area contributed by atoms with E-state index in [2.05, 4.69) is 4.98 Å². The summed E-state index contributed by atoms with van der Waals surface area (Å²) in [4.78, 5) is 4.26. The van der Waals surface area contributed by atoms with Crippen molar-refractivity contribution < 1.29 is 9.15 Å². The largest absolute Gasteiger partial charge is 0.409 e. The van der Waals surface area contributed by atoms with Crippen molar-refractivity contribution in [3.63, 3.8) is 0 Å². The Morgan fingerprint density at radius 1 is 1.21 bits per heavy atom. The molecule has 0 atom stereocenters. The second kappa shape index (κ2) is 4.51. The van der Waals surface area contributed by atoms with Crippen molar-refractivity contribution >= 4 is 23.3 Å². The Kier molecular flexibility index (Phi) is 2.83. The van der Waals surface area contributed by atoms with Crippen molar-refractivity contribution in [1.82, 2.24) is 9.55 Å². The lowest BCUT2D eigenvalue weighted by molar-refractivity contribution is 0.339. The van der Waals surface area contributed by atoms with Gasteiger partial charge in [0.25, 0.3) is 0 Å². The maximum absolute atomic E-state index is 5.63. The molecule has 3 aromatic rings. The second-order valence-electron chi connectivity index (χ2n) is 4.25. The van der Waals surface area contributed by atoms with Gasteiger partial charge in [0.1, 0.15) is 10.2 Å². The molecule has 1 aromatic carbocycles. The van der Waals surface area contributed by atoms with Crippen molar-refractivity contribution in [1.29, 1.82) is 0 Å². The van der Waals surface area contributed by atoms with Crippen molar-refractivity contribution in [3.8, 4) is 11.8 Å². The van der Waals surface area contributed by atoms with Crippen LogP contribution in [0.3, 0.4) is 0 Å². The highest BCUT2D eigenvalue weighted by Gasteiger charge is 2.09. The molecule has 0 saturated carbocycles. The SMILES string of the molecule is Cc1ccc(Oc2nc3ccccc3o2)c(=S)n1C. The van der Waals surface area contributed by atoms with Crippen LogP contribution >= 0.6 is 12.2 Å². The zero-order chi connectivity index (χ0) is 13.4. The lowest BCUT2D eigenvalue weighted by Gasteiger charge is -2.07. The average molecular weight is 272 g/mol. The van der Waals surface area contributed by atoms with Crippen molar-refractivity contribution in [2.45, 2.75) is 6.92 Å². The zero-order valence-corrected chi connectivity index (χ0v) is 11.4. The van der Waals surface area contributed by atoms with E-state index in [1.807, 2.05) is 54.9 Å². The van der Waals surface area contributed by atoms with Gasteiger partial charge in [0, 0.05) is 12.7 Å². The Hall–Kier alpha value is -2.14. The summed E-state index contributed by atoms with van der Waals surface area (Å²) in [6, 6.07) is 11.3. The molecule has 2 aromatic heterocycles. The molecule has 0 fully saturated rings. The molecule has 5 heteroatoms. The summed E-state index contributed by atoms with van der Waals surface area (Å²) in [5, 5.41) is 0. The van der Waals surface area contributed by atoms with Crippen LogP contribution in [-0.4, -0.2) is 9.55 Å². The predicted molar refractivity (Wildman–Crippen MR) is 75.1 cm³/mol. The van der Waals surface area contributed by atoms with Gasteiger partial charge in [-0.2, -0.15) is 4.98 Å². The fourth-order valence-electron chi connectivity index (χ4n) is 1.77. The zero-order valence-electron chi connectivity index (χ0n) is 10.6. The maximum atomic E-state index is 5.63. The number of aryl methyl sites for hydroxylation is 1. The van der Waals surface area contributed by atoms with Gasteiger partial charge in [0.05, 0.1) is 0 Å². The van der Waals surface area contributed by atoms with E-state index in [0.717, 1.165) is 11.2 Å². The van der Waals surface area contributed by atoms with E-state index in [1.54, 1.807) is 0 Å². The van der Waals surface area contributed by atoms with E-state index < -0.39 is 0 Å². The molecule has 0 radical (unpaired) electrons. The summed E-state index contributed by atoms with van der Waals surface area (Å²) in [6.07, 6.45) is 0.205. The number of pyridine rings is 1. The highest BCUT2D eigenvalue weighted by Crippen LogP contribution is 2.26. The Morgan fingerprint density at radius 3 is 2.79 bits per heavy atom. The third kappa shape index (κ3) is 2.13. The number of ether oxygens (including phenoxy) is 1. The molecule has 2 heterocycles. The van der Waals surface area contributed by atoms with E-state index in [9.17, 15) is 0 Å². The first kappa shape index (κ1) is 11.9. The normalized spacial score (nSPS) is 10.8. The van der Waals surface area contributed by atoms with Crippen LogP contribution in [0.4, 0.5) is 0 Å². The number of nitrogens with zero attached hydrogens (tertiary/aromatic N) is 2. The number of hydrogen-bond acceptors (Lipinski definition) is 4. The summed E-state index contributed by atoms with van der Waals surface area (Å²) in [5.41, 5.74) is 2.52. The lowest BCUT2D eigenvalue weighted by atomic mass is 10.3. The first-order valence-corrected chi connectivity index (χ1v) is 6.26. The third-order valence-corrected chi connectivity index (χ3v) is 3.47. The molecule has 0 aliphatic carbocycles. The van der Waals surface area contributed by atoms with Crippen LogP contribution in [0.15, 0.2) is 40.8 Å². The van der Waals surface area contributed by atoms with Crippen molar-refractivity contribution in [3.05, 3.63) is 46.7 Å². The minimum atomic E-state index is 0.205. The number of oxazole rings is 1. The predicted octanol–water partition coefficient (Wildman–Crippen LogP) is 4.00. The van der Waals surface area contributed by atoms with Gasteiger partial charge in [-0.15, -0.1) is 0 Å². The molecule has 4 nitrogen and oxygen atoms in total. The number of hydrogen-bond donors (Lipinski definition) is 0. The molecule has 0 spiro atoms. The van der Waals surface area contributed by atoms with Crippen LogP contribution in [0, 0.1) is 11.6 Å². The molecule has 0 unspecified atom stereocenters. The number of rotatable bonds is 2. The Labute approximate surface area is 115 Å². The topological polar surface area (TPSA) is 40.2 Å². The van der Waals surface area contributed by atoms with E-state index in [4.69, 9.17) is 21.4 Å². The molecule has 0 amide bonds. The van der Waals surface area contributed by atoms with Crippen LogP contribution in [0.25, 0.3) is 11.1 Å². The van der Waals surface area contributed by atoms with Crippen LogP contribution in [0.5, 0.6) is 11.8 Å². The summed E-state index contributed by atoms with van der Waals surface area (Å²) in [5.74, 6) is 0.564. The molecular weight excluding hydrogens is 260 g/mol. The molecule has 0 bridgehead atoms. The summed E-state index contributed by atoms with van der Waals surface area (Å²) >= 11 is 5.33. The van der Waals surface area contributed by atoms with Crippen molar-refractivity contribution in [2.24, 2.45) is 7.05 Å². The number of fused-ring (bicyclic) bond motifs is 1. The number of aromatic nitrogens is 2. The number of para-hydroxylation sites is 2. The molecule has 0 N–H and O–H groups in total. The molecule has 3 rings (SSSR count). The molecule has 96 valence electrons. The molecule has 0 aliphatic rings. The quantitative estimate of drug-likeness (QED) is 0.661. The van der Waals surface area contributed by atoms with Crippen molar-refractivity contribution in [2.75, 3.05) is 0 Å². The van der Waals surface area contributed by atoms with Gasteiger partial charge >= 0.3 is 6.08 Å². The summed E-state index contributed by atoms with van der Waals surface area (Å²) in [7, 11) is 1.90. The minimum absolute atomic E-state index is 0.205. The highest BCUT2D eigenvalue weighted by atomic mass is 32.1. The molecule has 0 saturated heterocycles. The van der Waals surface area contributed by atoms with E-state index in [1.165, 1.54) is 0 Å². The lowest BCUT2D eigenvalue weighted by Crippen LogP contribution is -1.99. The minimum Gasteiger partial charge on any atom is -0.409 e. The molecular formula is C14H12N2O2S. The van der Waals surface area contributed by atoms with Crippen LogP contribution < -0.4 is 4.74 Å². The molecule has 0 aliphatic heterocycles. The van der Waals surface area contributed by atoms with Crippen LogP contribution in [-0.2, 0) is 7.05 Å². The van der Waals surface area contributed by atoms with Gasteiger partial charge in [-0.1, -0.05) is 24.4 Å². The van der Waals surface area contributed by atoms with E-state index in [-0.39, 0.29) is 6.08 Å². The fourth-order valence-corrected chi connectivity index (χ4v) is 2.03. The van der Waals surface area contributed by atoms with E-state index >= 15 is 0 Å². The monoisotopic (exact) mass is 272 g/mol. The average Bonchev–Trinajstić information content (AvgIpc) is 2.82. The summed E-state index contributed by atoms with van der Waals surface area (Å²) < 4.78 is 13.6. The second-order valence-corrected chi connectivity index (χ2v) is 4.64.